The minimum atomic E-state index is -6.46. The summed E-state index contributed by atoms with van der Waals surface area (Å²) >= 11 is 1.34. The van der Waals surface area contributed by atoms with Crippen LogP contribution < -0.4 is 4.74 Å². The number of aromatic nitrogens is 1. The Morgan fingerprint density at radius 3 is 2.15 bits per heavy atom. The van der Waals surface area contributed by atoms with Crippen molar-refractivity contribution in [2.45, 2.75) is 56.8 Å². The van der Waals surface area contributed by atoms with Gasteiger partial charge >= 0.3 is 29.7 Å². The summed E-state index contributed by atoms with van der Waals surface area (Å²) in [4.78, 5) is 16.2. The summed E-state index contributed by atoms with van der Waals surface area (Å²) in [7, 11) is 0. The third kappa shape index (κ3) is 6.24. The van der Waals surface area contributed by atoms with E-state index in [1.165, 1.54) is 23.5 Å². The lowest BCUT2D eigenvalue weighted by molar-refractivity contribution is -0.368. The molecule has 3 aromatic rings. The second-order valence-electron chi connectivity index (χ2n) is 8.88. The van der Waals surface area contributed by atoms with E-state index in [2.05, 4.69) is 16.3 Å². The van der Waals surface area contributed by atoms with Crippen molar-refractivity contribution in [3.63, 3.8) is 0 Å². The Hall–Kier alpha value is -3.22. The SMILES string of the molecule is C=CC(=O)OCCC(F)(F)C(F)(F)C(F)(F)C(F)(F)CCOc1ccc2cc(-c3ccc(CC)nc3C)sc2c1. The predicted octanol–water partition coefficient (Wildman–Crippen LogP) is 8.26. The highest BCUT2D eigenvalue weighted by Gasteiger charge is 2.79. The molecule has 0 aliphatic carbocycles. The lowest BCUT2D eigenvalue weighted by Gasteiger charge is -2.36. The first-order valence-corrected chi connectivity index (χ1v) is 12.8. The van der Waals surface area contributed by atoms with Gasteiger partial charge in [-0.05, 0) is 55.1 Å². The summed E-state index contributed by atoms with van der Waals surface area (Å²) in [5.41, 5.74) is 2.63. The van der Waals surface area contributed by atoms with Gasteiger partial charge in [0.2, 0.25) is 0 Å². The van der Waals surface area contributed by atoms with Crippen molar-refractivity contribution >= 4 is 27.4 Å². The third-order valence-corrected chi connectivity index (χ3v) is 7.22. The maximum Gasteiger partial charge on any atom is 0.378 e. The summed E-state index contributed by atoms with van der Waals surface area (Å²) in [6.45, 7) is 4.21. The maximum absolute atomic E-state index is 14.2. The lowest BCUT2D eigenvalue weighted by atomic mass is 9.95. The van der Waals surface area contributed by atoms with E-state index in [4.69, 9.17) is 4.74 Å². The molecule has 0 unspecified atom stereocenters. The highest BCUT2D eigenvalue weighted by molar-refractivity contribution is 7.22. The van der Waals surface area contributed by atoms with Crippen LogP contribution in [0.25, 0.3) is 20.5 Å². The van der Waals surface area contributed by atoms with Crippen molar-refractivity contribution in [2.75, 3.05) is 13.2 Å². The van der Waals surface area contributed by atoms with Crippen LogP contribution in [0.2, 0.25) is 0 Å². The Morgan fingerprint density at radius 2 is 1.57 bits per heavy atom. The molecule has 218 valence electrons. The summed E-state index contributed by atoms with van der Waals surface area (Å²) in [6, 6.07) is 10.2. The second kappa shape index (κ2) is 11.7. The molecular formula is C27H25F8NO3S. The van der Waals surface area contributed by atoms with E-state index >= 15 is 0 Å². The molecule has 1 aromatic carbocycles. The van der Waals surface area contributed by atoms with Gasteiger partial charge < -0.3 is 9.47 Å². The van der Waals surface area contributed by atoms with Crippen LogP contribution in [-0.2, 0) is 16.0 Å². The number of benzene rings is 1. The average Bonchev–Trinajstić information content (AvgIpc) is 3.31. The Morgan fingerprint density at radius 1 is 0.950 bits per heavy atom. The van der Waals surface area contributed by atoms with Gasteiger partial charge in [0, 0.05) is 32.6 Å². The number of rotatable bonds is 13. The molecular weight excluding hydrogens is 570 g/mol. The van der Waals surface area contributed by atoms with E-state index < -0.39 is 55.7 Å². The highest BCUT2D eigenvalue weighted by atomic mass is 32.1. The van der Waals surface area contributed by atoms with Crippen LogP contribution in [0.5, 0.6) is 5.75 Å². The quantitative estimate of drug-likeness (QED) is 0.113. The minimum Gasteiger partial charge on any atom is -0.493 e. The van der Waals surface area contributed by atoms with E-state index in [1.54, 1.807) is 6.07 Å². The Labute approximate surface area is 228 Å². The van der Waals surface area contributed by atoms with Gasteiger partial charge in [0.1, 0.15) is 5.75 Å². The van der Waals surface area contributed by atoms with Crippen molar-refractivity contribution in [3.8, 4) is 16.2 Å². The van der Waals surface area contributed by atoms with Crippen LogP contribution in [0.1, 0.15) is 31.2 Å². The van der Waals surface area contributed by atoms with Crippen LogP contribution >= 0.6 is 11.3 Å². The van der Waals surface area contributed by atoms with Gasteiger partial charge in [-0.2, -0.15) is 35.1 Å². The summed E-state index contributed by atoms with van der Waals surface area (Å²) < 4.78 is 122. The van der Waals surface area contributed by atoms with E-state index in [9.17, 15) is 39.9 Å². The number of aryl methyl sites for hydroxylation is 2. The topological polar surface area (TPSA) is 48.4 Å². The van der Waals surface area contributed by atoms with Crippen LogP contribution in [0, 0.1) is 6.92 Å². The smallest absolute Gasteiger partial charge is 0.378 e. The molecule has 0 spiro atoms. The zero-order valence-corrected chi connectivity index (χ0v) is 22.2. The zero-order valence-electron chi connectivity index (χ0n) is 21.4. The van der Waals surface area contributed by atoms with Gasteiger partial charge in [-0.1, -0.05) is 13.5 Å². The molecule has 0 atom stereocenters. The number of ether oxygens (including phenoxy) is 2. The minimum absolute atomic E-state index is 0.00248. The summed E-state index contributed by atoms with van der Waals surface area (Å²) in [5.74, 6) is -25.4. The van der Waals surface area contributed by atoms with Gasteiger partial charge in [-0.3, -0.25) is 4.98 Å². The monoisotopic (exact) mass is 595 g/mol. The molecule has 13 heteroatoms. The Bertz CT molecular complexity index is 1370. The van der Waals surface area contributed by atoms with Crippen LogP contribution in [0.4, 0.5) is 35.1 Å². The molecule has 0 fully saturated rings. The molecule has 0 amide bonds. The van der Waals surface area contributed by atoms with E-state index in [1.807, 2.05) is 32.0 Å². The third-order valence-electron chi connectivity index (χ3n) is 6.09. The molecule has 0 aliphatic heterocycles. The largest absolute Gasteiger partial charge is 0.493 e. The van der Waals surface area contributed by atoms with Gasteiger partial charge in [-0.15, -0.1) is 11.3 Å². The van der Waals surface area contributed by atoms with E-state index in [0.717, 1.165) is 33.6 Å². The number of halogens is 8. The Balaban J connectivity index is 1.69. The lowest BCUT2D eigenvalue weighted by Crippen LogP contribution is -2.62. The molecule has 2 heterocycles. The number of pyridine rings is 1. The molecule has 40 heavy (non-hydrogen) atoms. The molecule has 0 radical (unpaired) electrons. The predicted molar refractivity (Wildman–Crippen MR) is 135 cm³/mol. The molecule has 0 aliphatic rings. The normalized spacial score (nSPS) is 12.9. The van der Waals surface area contributed by atoms with Crippen molar-refractivity contribution in [1.29, 1.82) is 0 Å². The fourth-order valence-electron chi connectivity index (χ4n) is 3.71. The van der Waals surface area contributed by atoms with Gasteiger partial charge in [0.15, 0.2) is 0 Å². The number of nitrogens with zero attached hydrogens (tertiary/aromatic N) is 1. The van der Waals surface area contributed by atoms with Crippen molar-refractivity contribution in [3.05, 3.63) is 60.4 Å². The first-order chi connectivity index (χ1) is 18.6. The second-order valence-corrected chi connectivity index (χ2v) is 9.96. The molecule has 3 rings (SSSR count). The molecule has 0 saturated carbocycles. The molecule has 0 N–H and O–H groups in total. The molecule has 0 bridgehead atoms. The fraction of sp³-hybridized carbons (Fsp3) is 0.407. The average molecular weight is 596 g/mol. The maximum atomic E-state index is 14.2. The number of fused-ring (bicyclic) bond motifs is 1. The van der Waals surface area contributed by atoms with Gasteiger partial charge in [0.05, 0.1) is 26.1 Å². The Kier molecular flexibility index (Phi) is 9.17. The first kappa shape index (κ1) is 31.3. The summed E-state index contributed by atoms with van der Waals surface area (Å²) in [6.07, 6.45) is -2.79. The zero-order chi connectivity index (χ0) is 29.9. The van der Waals surface area contributed by atoms with Crippen molar-refractivity contribution < 1.29 is 49.4 Å². The highest BCUT2D eigenvalue weighted by Crippen LogP contribution is 2.54. The molecule has 4 nitrogen and oxygen atoms in total. The van der Waals surface area contributed by atoms with Gasteiger partial charge in [0.25, 0.3) is 0 Å². The number of hydrogen-bond donors (Lipinski definition) is 0. The van der Waals surface area contributed by atoms with Crippen molar-refractivity contribution in [2.24, 2.45) is 0 Å². The van der Waals surface area contributed by atoms with Crippen LogP contribution in [0.15, 0.2) is 49.1 Å². The van der Waals surface area contributed by atoms with Gasteiger partial charge in [-0.25, -0.2) is 4.79 Å². The number of hydrogen-bond acceptors (Lipinski definition) is 5. The number of alkyl halides is 8. The van der Waals surface area contributed by atoms with Crippen LogP contribution in [-0.4, -0.2) is 47.9 Å². The standard InChI is InChI=1S/C27H25F8NO3S/c1-4-18-7-9-20(16(3)36-18)22-14-17-6-8-19(15-21(17)40-22)38-12-10-24(28,29)26(32,33)27(34,35)25(30,31)11-13-39-23(37)5-2/h5-9,14-15H,2,4,10-13H2,1,3H3. The fourth-order valence-corrected chi connectivity index (χ4v) is 4.88. The van der Waals surface area contributed by atoms with Crippen LogP contribution in [0.3, 0.4) is 0 Å². The molecule has 2 aromatic heterocycles. The first-order valence-electron chi connectivity index (χ1n) is 12.0. The number of thiophene rings is 1. The van der Waals surface area contributed by atoms with Crippen molar-refractivity contribution in [1.82, 2.24) is 4.98 Å². The molecule has 0 saturated heterocycles. The summed E-state index contributed by atoms with van der Waals surface area (Å²) in [5, 5.41) is 0.781. The van der Waals surface area contributed by atoms with E-state index in [0.29, 0.717) is 10.8 Å². The number of carbonyl (C=O) groups excluding carboxylic acids is 1. The van der Waals surface area contributed by atoms with E-state index in [-0.39, 0.29) is 5.75 Å². The number of carbonyl (C=O) groups is 1. The number of esters is 1.